The normalized spacial score (nSPS) is 10.5. The summed E-state index contributed by atoms with van der Waals surface area (Å²) in [6.07, 6.45) is -2.39. The van der Waals surface area contributed by atoms with Gasteiger partial charge in [-0.15, -0.1) is 0 Å². The summed E-state index contributed by atoms with van der Waals surface area (Å²) < 4.78 is 36.7. The molecule has 0 fully saturated rings. The molecule has 0 bridgehead atoms. The van der Waals surface area contributed by atoms with E-state index in [1.165, 1.54) is 0 Å². The zero-order valence-electron chi connectivity index (χ0n) is 6.17. The lowest BCUT2D eigenvalue weighted by atomic mass is 10.1. The number of aromatic nitrogens is 1. The van der Waals surface area contributed by atoms with Crippen molar-refractivity contribution in [1.82, 2.24) is 4.98 Å². The summed E-state index contributed by atoms with van der Waals surface area (Å²) in [6.45, 7) is 0. The minimum atomic E-state index is -3.11. The first-order chi connectivity index (χ1) is 6.07. The highest BCUT2D eigenvalue weighted by Gasteiger charge is 2.21. The third kappa shape index (κ3) is 1.61. The summed E-state index contributed by atoms with van der Waals surface area (Å²) in [5, 5.41) is 8.80. The summed E-state index contributed by atoms with van der Waals surface area (Å²) in [4.78, 5) is 13.1. The number of alkyl halides is 2. The van der Waals surface area contributed by atoms with Crippen molar-refractivity contribution >= 4 is 6.29 Å². The van der Waals surface area contributed by atoms with E-state index in [0.717, 1.165) is 0 Å². The summed E-state index contributed by atoms with van der Waals surface area (Å²) >= 11 is 0. The molecule has 0 saturated carbocycles. The Morgan fingerprint density at radius 3 is 2.62 bits per heavy atom. The molecule has 1 aromatic rings. The van der Waals surface area contributed by atoms with E-state index in [4.69, 9.17) is 5.11 Å². The van der Waals surface area contributed by atoms with Gasteiger partial charge in [0.1, 0.15) is 0 Å². The van der Waals surface area contributed by atoms with E-state index in [1.54, 1.807) is 0 Å². The number of carbonyl (C=O) groups excluding carboxylic acids is 1. The van der Waals surface area contributed by atoms with E-state index in [9.17, 15) is 18.0 Å². The summed E-state index contributed by atoms with van der Waals surface area (Å²) in [7, 11) is 0. The Labute approximate surface area is 70.8 Å². The molecule has 3 nitrogen and oxygen atoms in total. The summed E-state index contributed by atoms with van der Waals surface area (Å²) in [5.74, 6) is -2.69. The summed E-state index contributed by atoms with van der Waals surface area (Å²) in [5.41, 5.74) is -1.54. The van der Waals surface area contributed by atoms with Crippen LogP contribution in [-0.4, -0.2) is 16.4 Å². The van der Waals surface area contributed by atoms with Gasteiger partial charge < -0.3 is 5.11 Å². The largest absolute Gasteiger partial charge is 0.503 e. The molecule has 0 amide bonds. The zero-order valence-corrected chi connectivity index (χ0v) is 6.17. The zero-order chi connectivity index (χ0) is 10.0. The number of aromatic hydroxyl groups is 1. The Kier molecular flexibility index (Phi) is 2.50. The number of carbonyl (C=O) groups is 1. The number of hydrogen-bond donors (Lipinski definition) is 1. The van der Waals surface area contributed by atoms with Crippen molar-refractivity contribution in [1.29, 1.82) is 0 Å². The molecule has 1 rings (SSSR count). The van der Waals surface area contributed by atoms with Crippen molar-refractivity contribution in [3.63, 3.8) is 0 Å². The Morgan fingerprint density at radius 2 is 2.15 bits per heavy atom. The van der Waals surface area contributed by atoms with Crippen molar-refractivity contribution in [3.05, 3.63) is 23.3 Å². The van der Waals surface area contributed by atoms with Gasteiger partial charge in [-0.25, -0.2) is 13.8 Å². The molecule has 0 saturated heterocycles. The van der Waals surface area contributed by atoms with Crippen LogP contribution in [0.3, 0.4) is 0 Å². The van der Waals surface area contributed by atoms with Crippen LogP contribution < -0.4 is 0 Å². The van der Waals surface area contributed by atoms with Gasteiger partial charge in [-0.1, -0.05) is 0 Å². The van der Waals surface area contributed by atoms with E-state index in [1.807, 2.05) is 0 Å². The van der Waals surface area contributed by atoms with Gasteiger partial charge in [0.25, 0.3) is 12.4 Å². The third-order valence-electron chi connectivity index (χ3n) is 1.42. The molecule has 0 aromatic carbocycles. The average Bonchev–Trinajstić information content (AvgIpc) is 2.08. The molecule has 1 heterocycles. The molecule has 0 aliphatic rings. The smallest absolute Gasteiger partial charge is 0.268 e. The van der Waals surface area contributed by atoms with E-state index >= 15 is 0 Å². The maximum Gasteiger partial charge on any atom is 0.268 e. The van der Waals surface area contributed by atoms with Crippen LogP contribution in [0.2, 0.25) is 0 Å². The highest BCUT2D eigenvalue weighted by molar-refractivity contribution is 5.78. The Balaban J connectivity index is 3.41. The molecule has 6 heteroatoms. The molecular weight excluding hydrogens is 187 g/mol. The van der Waals surface area contributed by atoms with Crippen LogP contribution in [-0.2, 0) is 0 Å². The Morgan fingerprint density at radius 1 is 1.54 bits per heavy atom. The van der Waals surface area contributed by atoms with Crippen LogP contribution in [0.1, 0.15) is 22.3 Å². The molecule has 0 spiro atoms. The molecule has 1 aromatic heterocycles. The minimum absolute atomic E-state index is 0.0770. The fourth-order valence-electron chi connectivity index (χ4n) is 0.828. The predicted octanol–water partition coefficient (Wildman–Crippen LogP) is 1.68. The van der Waals surface area contributed by atoms with Gasteiger partial charge in [0.05, 0.1) is 5.56 Å². The first-order valence-electron chi connectivity index (χ1n) is 3.18. The van der Waals surface area contributed by atoms with Crippen LogP contribution in [0.25, 0.3) is 0 Å². The number of pyridine rings is 1. The van der Waals surface area contributed by atoms with Crippen molar-refractivity contribution in [3.8, 4) is 5.75 Å². The van der Waals surface area contributed by atoms with Crippen LogP contribution >= 0.6 is 0 Å². The fraction of sp³-hybridized carbons (Fsp3) is 0.143. The number of halogens is 3. The van der Waals surface area contributed by atoms with Gasteiger partial charge in [0, 0.05) is 11.8 Å². The maximum atomic E-state index is 12.4. The van der Waals surface area contributed by atoms with Crippen molar-refractivity contribution in [2.24, 2.45) is 0 Å². The molecule has 0 aliphatic heterocycles. The van der Waals surface area contributed by atoms with E-state index in [2.05, 4.69) is 4.98 Å². The molecule has 13 heavy (non-hydrogen) atoms. The number of aldehydes is 1. The van der Waals surface area contributed by atoms with E-state index in [0.29, 0.717) is 6.20 Å². The van der Waals surface area contributed by atoms with Gasteiger partial charge >= 0.3 is 0 Å². The van der Waals surface area contributed by atoms with Crippen LogP contribution in [0.5, 0.6) is 5.75 Å². The highest BCUT2D eigenvalue weighted by atomic mass is 19.3. The van der Waals surface area contributed by atoms with Gasteiger partial charge in [-0.05, 0) is 0 Å². The second kappa shape index (κ2) is 3.42. The Bertz CT molecular complexity index is 341. The highest BCUT2D eigenvalue weighted by Crippen LogP contribution is 2.31. The average molecular weight is 191 g/mol. The molecular formula is C7H4F3NO2. The number of nitrogens with zero attached hydrogens (tertiary/aromatic N) is 1. The number of rotatable bonds is 2. The van der Waals surface area contributed by atoms with Crippen molar-refractivity contribution in [2.75, 3.05) is 0 Å². The first-order valence-corrected chi connectivity index (χ1v) is 3.18. The first kappa shape index (κ1) is 9.50. The van der Waals surface area contributed by atoms with Crippen molar-refractivity contribution < 1.29 is 23.1 Å². The van der Waals surface area contributed by atoms with Crippen LogP contribution in [0.4, 0.5) is 13.2 Å². The number of hydrogen-bond acceptors (Lipinski definition) is 3. The second-order valence-electron chi connectivity index (χ2n) is 2.19. The van der Waals surface area contributed by atoms with Crippen molar-refractivity contribution in [2.45, 2.75) is 6.43 Å². The SMILES string of the molecule is O=Cc1cnc(F)c(O)c1C(F)F. The molecule has 0 radical (unpaired) electrons. The summed E-state index contributed by atoms with van der Waals surface area (Å²) in [6, 6.07) is 0. The van der Waals surface area contributed by atoms with Gasteiger partial charge in [-0.2, -0.15) is 4.39 Å². The van der Waals surface area contributed by atoms with E-state index in [-0.39, 0.29) is 6.29 Å². The molecule has 0 atom stereocenters. The van der Waals surface area contributed by atoms with E-state index < -0.39 is 29.2 Å². The van der Waals surface area contributed by atoms with Crippen LogP contribution in [0.15, 0.2) is 6.20 Å². The molecule has 0 unspecified atom stereocenters. The Hall–Kier alpha value is -1.59. The fourth-order valence-corrected chi connectivity index (χ4v) is 0.828. The lowest BCUT2D eigenvalue weighted by Gasteiger charge is -2.05. The lowest BCUT2D eigenvalue weighted by Crippen LogP contribution is -1.98. The topological polar surface area (TPSA) is 50.2 Å². The predicted molar refractivity (Wildman–Crippen MR) is 36.2 cm³/mol. The third-order valence-corrected chi connectivity index (χ3v) is 1.42. The molecule has 0 aliphatic carbocycles. The van der Waals surface area contributed by atoms with Gasteiger partial charge in [0.2, 0.25) is 0 Å². The lowest BCUT2D eigenvalue weighted by molar-refractivity contribution is 0.110. The monoisotopic (exact) mass is 191 g/mol. The molecule has 1 N–H and O–H groups in total. The maximum absolute atomic E-state index is 12.4. The second-order valence-corrected chi connectivity index (χ2v) is 2.19. The molecule has 70 valence electrons. The minimum Gasteiger partial charge on any atom is -0.503 e. The van der Waals surface area contributed by atoms with Crippen LogP contribution in [0, 0.1) is 5.95 Å². The van der Waals surface area contributed by atoms with Gasteiger partial charge in [0.15, 0.2) is 12.0 Å². The van der Waals surface area contributed by atoms with Gasteiger partial charge in [-0.3, -0.25) is 4.79 Å². The standard InChI is InChI=1S/C7H4F3NO2/c8-6(9)4-3(2-12)1-11-7(10)5(4)13/h1-2,6,13H. The quantitative estimate of drug-likeness (QED) is 0.571.